The summed E-state index contributed by atoms with van der Waals surface area (Å²) in [5.74, 6) is 1.21. The minimum absolute atomic E-state index is 0.421. The summed E-state index contributed by atoms with van der Waals surface area (Å²) in [6.45, 7) is 7.60. The number of benzene rings is 1. The number of carbonyl (C=O) groups excluding carboxylic acids is 1. The minimum Gasteiger partial charge on any atom is -0.444 e. The monoisotopic (exact) mass is 324 g/mol. The highest BCUT2D eigenvalue weighted by Crippen LogP contribution is 2.13. The molecule has 0 saturated carbocycles. The van der Waals surface area contributed by atoms with Crippen molar-refractivity contribution in [3.63, 3.8) is 0 Å². The van der Waals surface area contributed by atoms with Crippen LogP contribution in [0.2, 0.25) is 0 Å². The van der Waals surface area contributed by atoms with Gasteiger partial charge in [-0.1, -0.05) is 12.1 Å². The molecule has 1 aromatic rings. The van der Waals surface area contributed by atoms with Crippen LogP contribution >= 0.6 is 11.8 Å². The summed E-state index contributed by atoms with van der Waals surface area (Å²) in [5.41, 5.74) is 1.53. The number of nitrogens with one attached hydrogen (secondary N) is 2. The van der Waals surface area contributed by atoms with Crippen LogP contribution in [0.15, 0.2) is 24.3 Å². The molecule has 0 aliphatic heterocycles. The Morgan fingerprint density at radius 2 is 1.86 bits per heavy atom. The van der Waals surface area contributed by atoms with Gasteiger partial charge < -0.3 is 10.1 Å². The third kappa shape index (κ3) is 8.95. The van der Waals surface area contributed by atoms with Crippen molar-refractivity contribution in [1.82, 2.24) is 5.32 Å². The lowest BCUT2D eigenvalue weighted by molar-refractivity contribution is 0.0636. The first-order valence-corrected chi connectivity index (χ1v) is 9.09. The average Bonchev–Trinajstić information content (AvgIpc) is 2.42. The van der Waals surface area contributed by atoms with Crippen molar-refractivity contribution in [2.45, 2.75) is 39.2 Å². The van der Waals surface area contributed by atoms with Crippen molar-refractivity contribution < 1.29 is 9.53 Å². The summed E-state index contributed by atoms with van der Waals surface area (Å²) in [6, 6.07) is 7.90. The maximum absolute atomic E-state index is 11.7. The molecule has 0 spiro atoms. The number of amides is 1. The second-order valence-corrected chi connectivity index (χ2v) is 7.16. The van der Waals surface area contributed by atoms with Crippen LogP contribution in [-0.2, 0) is 11.2 Å². The predicted octanol–water partition coefficient (Wildman–Crippen LogP) is 3.92. The van der Waals surface area contributed by atoms with Crippen molar-refractivity contribution in [1.29, 1.82) is 0 Å². The van der Waals surface area contributed by atoms with Gasteiger partial charge in [0.05, 0.1) is 0 Å². The molecule has 4 nitrogen and oxygen atoms in total. The lowest BCUT2D eigenvalue weighted by Gasteiger charge is -2.19. The lowest BCUT2D eigenvalue weighted by atomic mass is 10.1. The Bertz CT molecular complexity index is 441. The van der Waals surface area contributed by atoms with Gasteiger partial charge in [-0.2, -0.15) is 11.8 Å². The van der Waals surface area contributed by atoms with Gasteiger partial charge in [0.25, 0.3) is 0 Å². The van der Waals surface area contributed by atoms with Gasteiger partial charge in [-0.15, -0.1) is 0 Å². The van der Waals surface area contributed by atoms with Gasteiger partial charge in [0, 0.05) is 5.69 Å². The van der Waals surface area contributed by atoms with Gasteiger partial charge in [-0.3, -0.25) is 5.32 Å². The number of hydrogen-bond donors (Lipinski definition) is 2. The van der Waals surface area contributed by atoms with Crippen molar-refractivity contribution in [2.24, 2.45) is 0 Å². The van der Waals surface area contributed by atoms with Crippen molar-refractivity contribution in [2.75, 3.05) is 30.4 Å². The van der Waals surface area contributed by atoms with Gasteiger partial charge >= 0.3 is 6.09 Å². The SMILES string of the molecule is CSCCCNCCc1ccc(NC(=O)OC(C)(C)C)cc1. The quantitative estimate of drug-likeness (QED) is 0.712. The molecule has 0 bridgehead atoms. The van der Waals surface area contributed by atoms with E-state index in [-0.39, 0.29) is 0 Å². The van der Waals surface area contributed by atoms with Crippen LogP contribution in [0, 0.1) is 0 Å². The Hall–Kier alpha value is -1.20. The largest absolute Gasteiger partial charge is 0.444 e. The summed E-state index contributed by atoms with van der Waals surface area (Å²) in [5, 5.41) is 6.18. The second kappa shape index (κ2) is 9.74. The van der Waals surface area contributed by atoms with Crippen molar-refractivity contribution in [3.8, 4) is 0 Å². The molecular formula is C17H28N2O2S. The third-order valence-corrected chi connectivity index (χ3v) is 3.59. The summed E-state index contributed by atoms with van der Waals surface area (Å²) >= 11 is 1.88. The Labute approximate surface area is 138 Å². The van der Waals surface area contributed by atoms with E-state index in [0.29, 0.717) is 0 Å². The minimum atomic E-state index is -0.480. The van der Waals surface area contributed by atoms with E-state index in [0.717, 1.165) is 25.2 Å². The Kier molecular flexibility index (Phi) is 8.35. The van der Waals surface area contributed by atoms with Gasteiger partial charge in [0.2, 0.25) is 0 Å². The van der Waals surface area contributed by atoms with E-state index in [1.54, 1.807) is 0 Å². The molecule has 0 saturated heterocycles. The van der Waals surface area contributed by atoms with Crippen LogP contribution in [0.1, 0.15) is 32.8 Å². The highest BCUT2D eigenvalue weighted by molar-refractivity contribution is 7.98. The zero-order valence-corrected chi connectivity index (χ0v) is 14.9. The van der Waals surface area contributed by atoms with Crippen LogP contribution in [0.25, 0.3) is 0 Å². The molecule has 22 heavy (non-hydrogen) atoms. The molecule has 0 aliphatic carbocycles. The Morgan fingerprint density at radius 1 is 1.18 bits per heavy atom. The zero-order valence-electron chi connectivity index (χ0n) is 14.1. The first-order chi connectivity index (χ1) is 10.4. The molecule has 0 fully saturated rings. The molecule has 1 amide bonds. The molecule has 2 N–H and O–H groups in total. The molecule has 5 heteroatoms. The van der Waals surface area contributed by atoms with E-state index in [1.807, 2.05) is 56.8 Å². The van der Waals surface area contributed by atoms with Gasteiger partial charge in [0.1, 0.15) is 5.60 Å². The van der Waals surface area contributed by atoms with E-state index >= 15 is 0 Å². The summed E-state index contributed by atoms with van der Waals surface area (Å²) in [6.07, 6.45) is 3.91. The first kappa shape index (κ1) is 18.8. The highest BCUT2D eigenvalue weighted by Gasteiger charge is 2.15. The van der Waals surface area contributed by atoms with Gasteiger partial charge in [-0.05, 0) is 76.4 Å². The van der Waals surface area contributed by atoms with Crippen molar-refractivity contribution >= 4 is 23.5 Å². The normalized spacial score (nSPS) is 11.3. The predicted molar refractivity (Wildman–Crippen MR) is 95.9 cm³/mol. The molecule has 1 rings (SSSR count). The Morgan fingerprint density at radius 3 is 2.45 bits per heavy atom. The summed E-state index contributed by atoms with van der Waals surface area (Å²) < 4.78 is 5.22. The fourth-order valence-electron chi connectivity index (χ4n) is 1.88. The number of ether oxygens (including phenoxy) is 1. The van der Waals surface area contributed by atoms with Crippen LogP contribution in [0.5, 0.6) is 0 Å². The summed E-state index contributed by atoms with van der Waals surface area (Å²) in [4.78, 5) is 11.7. The number of rotatable bonds is 8. The maximum Gasteiger partial charge on any atom is 0.412 e. The van der Waals surface area contributed by atoms with Crippen LogP contribution in [-0.4, -0.2) is 36.8 Å². The van der Waals surface area contributed by atoms with Crippen molar-refractivity contribution in [3.05, 3.63) is 29.8 Å². The van der Waals surface area contributed by atoms with Crippen LogP contribution in [0.4, 0.5) is 10.5 Å². The molecule has 0 aliphatic rings. The molecule has 0 aromatic heterocycles. The number of carbonyl (C=O) groups is 1. The first-order valence-electron chi connectivity index (χ1n) is 7.69. The van der Waals surface area contributed by atoms with E-state index in [4.69, 9.17) is 4.74 Å². The van der Waals surface area contributed by atoms with E-state index in [2.05, 4.69) is 16.9 Å². The molecule has 0 unspecified atom stereocenters. The van der Waals surface area contributed by atoms with E-state index in [9.17, 15) is 4.79 Å². The third-order valence-electron chi connectivity index (χ3n) is 2.89. The molecule has 0 heterocycles. The van der Waals surface area contributed by atoms with E-state index < -0.39 is 11.7 Å². The maximum atomic E-state index is 11.7. The highest BCUT2D eigenvalue weighted by atomic mass is 32.2. The standard InChI is InChI=1S/C17H28N2O2S/c1-17(2,3)21-16(20)19-15-8-6-14(7-9-15)10-12-18-11-5-13-22-4/h6-9,18H,5,10-13H2,1-4H3,(H,19,20). The van der Waals surface area contributed by atoms with Crippen LogP contribution in [0.3, 0.4) is 0 Å². The van der Waals surface area contributed by atoms with E-state index in [1.165, 1.54) is 17.7 Å². The lowest BCUT2D eigenvalue weighted by Crippen LogP contribution is -2.27. The second-order valence-electron chi connectivity index (χ2n) is 6.17. The summed E-state index contributed by atoms with van der Waals surface area (Å²) in [7, 11) is 0. The average molecular weight is 324 g/mol. The number of hydrogen-bond acceptors (Lipinski definition) is 4. The van der Waals surface area contributed by atoms with Gasteiger partial charge in [-0.25, -0.2) is 4.79 Å². The molecule has 0 atom stereocenters. The molecule has 1 aromatic carbocycles. The molecular weight excluding hydrogens is 296 g/mol. The van der Waals surface area contributed by atoms with Crippen LogP contribution < -0.4 is 10.6 Å². The molecule has 124 valence electrons. The smallest absolute Gasteiger partial charge is 0.412 e. The number of anilines is 1. The van der Waals surface area contributed by atoms with Gasteiger partial charge in [0.15, 0.2) is 0 Å². The fraction of sp³-hybridized carbons (Fsp3) is 0.588. The molecule has 0 radical (unpaired) electrons. The zero-order chi connectivity index (χ0) is 16.4. The number of thioether (sulfide) groups is 1. The Balaban J connectivity index is 2.29. The topological polar surface area (TPSA) is 50.4 Å². The fourth-order valence-corrected chi connectivity index (χ4v) is 2.31.